The highest BCUT2D eigenvalue weighted by Crippen LogP contribution is 2.25. The van der Waals surface area contributed by atoms with Gasteiger partial charge in [0.05, 0.1) is 19.2 Å². The molecule has 0 fully saturated rings. The molecule has 2 N–H and O–H groups in total. The molecule has 144 valence electrons. The van der Waals surface area contributed by atoms with Crippen molar-refractivity contribution in [3.05, 3.63) is 76.4 Å². The third-order valence-corrected chi connectivity index (χ3v) is 4.79. The van der Waals surface area contributed by atoms with E-state index in [1.165, 1.54) is 0 Å². The minimum atomic E-state index is -0.891. The number of aliphatic carboxylic acids is 1. The highest BCUT2D eigenvalue weighted by atomic mass is 79.9. The van der Waals surface area contributed by atoms with Crippen molar-refractivity contribution in [1.82, 2.24) is 4.68 Å². The molecule has 0 unspecified atom stereocenters. The monoisotopic (exact) mass is 442 g/mol. The minimum Gasteiger partial charge on any atom is -0.497 e. The number of nitrogens with zero attached hydrogens (tertiary/aromatic N) is 1. The predicted octanol–water partition coefficient (Wildman–Crippen LogP) is 4.33. The van der Waals surface area contributed by atoms with Gasteiger partial charge in [0, 0.05) is 27.7 Å². The zero-order valence-corrected chi connectivity index (χ0v) is 16.8. The summed E-state index contributed by atoms with van der Waals surface area (Å²) in [7, 11) is 1.60. The van der Waals surface area contributed by atoms with Crippen LogP contribution in [0.5, 0.6) is 5.75 Å². The quantitative estimate of drug-likeness (QED) is 0.570. The molecule has 1 heterocycles. The Bertz CT molecular complexity index is 979. The average molecular weight is 443 g/mol. The molecule has 0 atom stereocenters. The highest BCUT2D eigenvalue weighted by Gasteiger charge is 2.15. The van der Waals surface area contributed by atoms with Crippen LogP contribution in [0.1, 0.15) is 22.5 Å². The SMILES string of the molecule is COc1ccc(-c2ccc(CCC(=O)O)n2NC(=O)c2ccc(Br)cc2)cc1. The smallest absolute Gasteiger partial charge is 0.303 e. The zero-order valence-electron chi connectivity index (χ0n) is 15.2. The molecule has 0 aliphatic carbocycles. The van der Waals surface area contributed by atoms with Gasteiger partial charge in [0.1, 0.15) is 5.75 Å². The van der Waals surface area contributed by atoms with E-state index >= 15 is 0 Å². The van der Waals surface area contributed by atoms with E-state index in [1.54, 1.807) is 36.1 Å². The van der Waals surface area contributed by atoms with Gasteiger partial charge in [0.25, 0.3) is 5.91 Å². The number of ether oxygens (including phenoxy) is 1. The molecule has 1 aromatic heterocycles. The first-order valence-corrected chi connectivity index (χ1v) is 9.41. The molecule has 3 aromatic rings. The van der Waals surface area contributed by atoms with Crippen molar-refractivity contribution in [2.24, 2.45) is 0 Å². The van der Waals surface area contributed by atoms with E-state index in [-0.39, 0.29) is 12.3 Å². The number of hydrogen-bond acceptors (Lipinski definition) is 3. The number of hydrogen-bond donors (Lipinski definition) is 2. The Morgan fingerprint density at radius 1 is 1.04 bits per heavy atom. The van der Waals surface area contributed by atoms with Crippen LogP contribution in [-0.4, -0.2) is 28.8 Å². The van der Waals surface area contributed by atoms with Crippen LogP contribution in [0.15, 0.2) is 65.1 Å². The maximum absolute atomic E-state index is 12.7. The molecule has 6 nitrogen and oxygen atoms in total. The van der Waals surface area contributed by atoms with Gasteiger partial charge in [0.2, 0.25) is 0 Å². The molecular weight excluding hydrogens is 424 g/mol. The van der Waals surface area contributed by atoms with E-state index in [1.807, 2.05) is 36.4 Å². The lowest BCUT2D eigenvalue weighted by atomic mass is 10.1. The Balaban J connectivity index is 1.94. The summed E-state index contributed by atoms with van der Waals surface area (Å²) < 4.78 is 7.72. The van der Waals surface area contributed by atoms with Crippen molar-refractivity contribution in [2.45, 2.75) is 12.8 Å². The topological polar surface area (TPSA) is 80.6 Å². The van der Waals surface area contributed by atoms with Crippen molar-refractivity contribution < 1.29 is 19.4 Å². The van der Waals surface area contributed by atoms with Gasteiger partial charge in [-0.1, -0.05) is 15.9 Å². The number of amides is 1. The van der Waals surface area contributed by atoms with Crippen LogP contribution in [0.25, 0.3) is 11.3 Å². The number of aromatic nitrogens is 1. The summed E-state index contributed by atoms with van der Waals surface area (Å²) in [4.78, 5) is 23.7. The van der Waals surface area contributed by atoms with Crippen molar-refractivity contribution in [3.8, 4) is 17.0 Å². The normalized spacial score (nSPS) is 10.5. The van der Waals surface area contributed by atoms with E-state index in [4.69, 9.17) is 9.84 Å². The number of carbonyl (C=O) groups excluding carboxylic acids is 1. The second-order valence-corrected chi connectivity index (χ2v) is 7.03. The molecule has 0 aliphatic heterocycles. The fourth-order valence-electron chi connectivity index (χ4n) is 2.80. The molecule has 0 saturated carbocycles. The van der Waals surface area contributed by atoms with E-state index < -0.39 is 5.97 Å². The van der Waals surface area contributed by atoms with Crippen molar-refractivity contribution in [1.29, 1.82) is 0 Å². The number of aryl methyl sites for hydroxylation is 1. The van der Waals surface area contributed by atoms with Gasteiger partial charge in [0.15, 0.2) is 0 Å². The largest absolute Gasteiger partial charge is 0.497 e. The lowest BCUT2D eigenvalue weighted by Crippen LogP contribution is -2.25. The Hall–Kier alpha value is -3.06. The van der Waals surface area contributed by atoms with Crippen LogP contribution >= 0.6 is 15.9 Å². The highest BCUT2D eigenvalue weighted by molar-refractivity contribution is 9.10. The predicted molar refractivity (Wildman–Crippen MR) is 110 cm³/mol. The van der Waals surface area contributed by atoms with E-state index in [0.29, 0.717) is 17.7 Å². The van der Waals surface area contributed by atoms with Gasteiger partial charge in [-0.05, 0) is 60.7 Å². The van der Waals surface area contributed by atoms with Gasteiger partial charge in [-0.2, -0.15) is 0 Å². The molecule has 2 aromatic carbocycles. The summed E-state index contributed by atoms with van der Waals surface area (Å²) in [5.41, 5.74) is 5.72. The van der Waals surface area contributed by atoms with Crippen molar-refractivity contribution in [3.63, 3.8) is 0 Å². The van der Waals surface area contributed by atoms with Crippen LogP contribution < -0.4 is 10.2 Å². The molecule has 0 saturated heterocycles. The van der Waals surface area contributed by atoms with E-state index in [0.717, 1.165) is 21.5 Å². The van der Waals surface area contributed by atoms with Gasteiger partial charge in [-0.3, -0.25) is 19.7 Å². The third kappa shape index (κ3) is 4.61. The molecule has 3 rings (SSSR count). The number of carboxylic acid groups (broad SMARTS) is 1. The number of rotatable bonds is 7. The van der Waals surface area contributed by atoms with Crippen LogP contribution in [0.3, 0.4) is 0 Å². The molecule has 0 aliphatic rings. The summed E-state index contributed by atoms with van der Waals surface area (Å²) in [6, 6.07) is 18.1. The maximum atomic E-state index is 12.7. The number of methoxy groups -OCH3 is 1. The summed E-state index contributed by atoms with van der Waals surface area (Å²) in [5.74, 6) is -0.445. The molecule has 28 heavy (non-hydrogen) atoms. The molecular formula is C21H19BrN2O4. The summed E-state index contributed by atoms with van der Waals surface area (Å²) in [5, 5.41) is 9.02. The number of nitrogens with one attached hydrogen (secondary N) is 1. The van der Waals surface area contributed by atoms with Crippen LogP contribution in [0, 0.1) is 0 Å². The van der Waals surface area contributed by atoms with Gasteiger partial charge in [-0.25, -0.2) is 0 Å². The third-order valence-electron chi connectivity index (χ3n) is 4.26. The van der Waals surface area contributed by atoms with Crippen molar-refractivity contribution >= 4 is 27.8 Å². The van der Waals surface area contributed by atoms with Crippen LogP contribution in [-0.2, 0) is 11.2 Å². The second-order valence-electron chi connectivity index (χ2n) is 6.12. The first kappa shape index (κ1) is 19.7. The fourth-order valence-corrected chi connectivity index (χ4v) is 3.06. The first-order chi connectivity index (χ1) is 13.5. The van der Waals surface area contributed by atoms with E-state index in [9.17, 15) is 9.59 Å². The number of benzene rings is 2. The lowest BCUT2D eigenvalue weighted by molar-refractivity contribution is -0.136. The number of carboxylic acids is 1. The molecule has 0 radical (unpaired) electrons. The summed E-state index contributed by atoms with van der Waals surface area (Å²) in [6.45, 7) is 0. The van der Waals surface area contributed by atoms with Crippen LogP contribution in [0.2, 0.25) is 0 Å². The van der Waals surface area contributed by atoms with E-state index in [2.05, 4.69) is 21.4 Å². The molecule has 7 heteroatoms. The number of halogens is 1. The summed E-state index contributed by atoms with van der Waals surface area (Å²) >= 11 is 3.35. The van der Waals surface area contributed by atoms with Gasteiger partial charge >= 0.3 is 5.97 Å². The average Bonchev–Trinajstić information content (AvgIpc) is 3.09. The fraction of sp³-hybridized carbons (Fsp3) is 0.143. The van der Waals surface area contributed by atoms with Crippen LogP contribution in [0.4, 0.5) is 0 Å². The maximum Gasteiger partial charge on any atom is 0.303 e. The second kappa shape index (κ2) is 8.75. The molecule has 1 amide bonds. The van der Waals surface area contributed by atoms with Gasteiger partial charge in [-0.15, -0.1) is 0 Å². The van der Waals surface area contributed by atoms with Gasteiger partial charge < -0.3 is 9.84 Å². The minimum absolute atomic E-state index is 0.0276. The first-order valence-electron chi connectivity index (χ1n) is 8.61. The molecule has 0 bridgehead atoms. The van der Waals surface area contributed by atoms with Crippen molar-refractivity contribution in [2.75, 3.05) is 12.5 Å². The number of carbonyl (C=O) groups is 2. The lowest BCUT2D eigenvalue weighted by Gasteiger charge is -2.15. The Morgan fingerprint density at radius 3 is 2.32 bits per heavy atom. The standard InChI is InChI=1S/C21H19BrN2O4/c1-28-18-10-4-14(5-11-18)19-12-8-17(9-13-20(25)26)24(19)23-21(27)15-2-6-16(22)7-3-15/h2-8,10-12H,9,13H2,1H3,(H,23,27)(H,25,26). The summed E-state index contributed by atoms with van der Waals surface area (Å²) in [6.07, 6.45) is 0.270. The Labute approximate surface area is 170 Å². The molecule has 0 spiro atoms. The zero-order chi connectivity index (χ0) is 20.1. The Morgan fingerprint density at radius 2 is 1.71 bits per heavy atom. The Kier molecular flexibility index (Phi) is 6.16.